The van der Waals surface area contributed by atoms with Crippen LogP contribution in [-0.4, -0.2) is 30.9 Å². The molecule has 27 heavy (non-hydrogen) atoms. The van der Waals surface area contributed by atoms with Crippen LogP contribution in [0.2, 0.25) is 5.02 Å². The lowest BCUT2D eigenvalue weighted by Crippen LogP contribution is -2.27. The summed E-state index contributed by atoms with van der Waals surface area (Å²) in [5, 5.41) is 5.88. The predicted molar refractivity (Wildman–Crippen MR) is 104 cm³/mol. The van der Waals surface area contributed by atoms with Gasteiger partial charge in [-0.3, -0.25) is 14.4 Å². The van der Waals surface area contributed by atoms with Gasteiger partial charge in [0.15, 0.2) is 6.61 Å². The van der Waals surface area contributed by atoms with Gasteiger partial charge in [-0.2, -0.15) is 0 Å². The van der Waals surface area contributed by atoms with Gasteiger partial charge >= 0.3 is 5.97 Å². The second-order valence-corrected chi connectivity index (χ2v) is 6.42. The lowest BCUT2D eigenvalue weighted by molar-refractivity contribution is -0.147. The highest BCUT2D eigenvalue weighted by molar-refractivity contribution is 6.30. The Morgan fingerprint density at radius 2 is 1.63 bits per heavy atom. The predicted octanol–water partition coefficient (Wildman–Crippen LogP) is 3.26. The highest BCUT2D eigenvalue weighted by Gasteiger charge is 2.11. The van der Waals surface area contributed by atoms with Gasteiger partial charge in [-0.25, -0.2) is 0 Å². The molecule has 0 aliphatic rings. The van der Waals surface area contributed by atoms with Crippen LogP contribution in [0.3, 0.4) is 0 Å². The van der Waals surface area contributed by atoms with Crippen LogP contribution < -0.4 is 10.6 Å². The minimum absolute atomic E-state index is 0.0317. The van der Waals surface area contributed by atoms with Crippen molar-refractivity contribution >= 4 is 35.1 Å². The lowest BCUT2D eigenvalue weighted by atomic mass is 10.1. The minimum Gasteiger partial charge on any atom is -0.456 e. The molecule has 0 radical (unpaired) electrons. The molecule has 0 unspecified atom stereocenters. The number of anilines is 1. The van der Waals surface area contributed by atoms with Crippen LogP contribution in [0, 0.1) is 13.8 Å². The first-order valence-electron chi connectivity index (χ1n) is 8.42. The number of ether oxygens (including phenoxy) is 1. The molecule has 2 aromatic rings. The van der Waals surface area contributed by atoms with Crippen molar-refractivity contribution in [3.8, 4) is 0 Å². The molecule has 0 bridgehead atoms. The molecule has 0 saturated heterocycles. The van der Waals surface area contributed by atoms with E-state index in [2.05, 4.69) is 10.6 Å². The van der Waals surface area contributed by atoms with Gasteiger partial charge in [0, 0.05) is 22.8 Å². The van der Waals surface area contributed by atoms with Gasteiger partial charge in [-0.05, 0) is 49.2 Å². The molecule has 0 atom stereocenters. The van der Waals surface area contributed by atoms with Gasteiger partial charge in [0.05, 0.1) is 6.42 Å². The molecule has 0 fully saturated rings. The number of aryl methyl sites for hydroxylation is 2. The molecule has 2 rings (SSSR count). The van der Waals surface area contributed by atoms with Crippen LogP contribution >= 0.6 is 11.6 Å². The average Bonchev–Trinajstić information content (AvgIpc) is 2.63. The van der Waals surface area contributed by atoms with Crippen molar-refractivity contribution in [1.29, 1.82) is 0 Å². The van der Waals surface area contributed by atoms with Crippen molar-refractivity contribution in [2.45, 2.75) is 20.3 Å². The lowest BCUT2D eigenvalue weighted by Gasteiger charge is -2.11. The maximum Gasteiger partial charge on any atom is 0.308 e. The highest BCUT2D eigenvalue weighted by atomic mass is 35.5. The zero-order valence-corrected chi connectivity index (χ0v) is 15.9. The zero-order chi connectivity index (χ0) is 19.8. The third-order valence-corrected chi connectivity index (χ3v) is 4.08. The molecule has 2 amide bonds. The summed E-state index contributed by atoms with van der Waals surface area (Å²) < 4.78 is 4.94. The SMILES string of the molecule is Cc1cccc(C)c1NC(=O)COC(=O)CCNC(=O)c1ccc(Cl)cc1. The minimum atomic E-state index is -0.567. The first kappa shape index (κ1) is 20.5. The molecule has 2 N–H and O–H groups in total. The monoisotopic (exact) mass is 388 g/mol. The van der Waals surface area contributed by atoms with Gasteiger partial charge < -0.3 is 15.4 Å². The Morgan fingerprint density at radius 3 is 2.26 bits per heavy atom. The van der Waals surface area contributed by atoms with E-state index in [9.17, 15) is 14.4 Å². The Balaban J connectivity index is 1.70. The van der Waals surface area contributed by atoms with Crippen LogP contribution in [0.5, 0.6) is 0 Å². The van der Waals surface area contributed by atoms with Crippen molar-refractivity contribution in [3.63, 3.8) is 0 Å². The van der Waals surface area contributed by atoms with E-state index >= 15 is 0 Å². The van der Waals surface area contributed by atoms with E-state index in [0.29, 0.717) is 16.3 Å². The van der Waals surface area contributed by atoms with Gasteiger partial charge in [-0.1, -0.05) is 29.8 Å². The molecule has 142 valence electrons. The van der Waals surface area contributed by atoms with Crippen molar-refractivity contribution in [1.82, 2.24) is 5.32 Å². The number of esters is 1. The molecule has 0 saturated carbocycles. The number of hydrogen-bond acceptors (Lipinski definition) is 4. The van der Waals surface area contributed by atoms with Crippen LogP contribution in [0.15, 0.2) is 42.5 Å². The second kappa shape index (κ2) is 9.73. The van der Waals surface area contributed by atoms with E-state index in [-0.39, 0.29) is 25.5 Å². The smallest absolute Gasteiger partial charge is 0.308 e. The summed E-state index contributed by atoms with van der Waals surface area (Å²) in [6.07, 6.45) is -0.0317. The van der Waals surface area contributed by atoms with Gasteiger partial charge in [0.25, 0.3) is 11.8 Å². The topological polar surface area (TPSA) is 84.5 Å². The van der Waals surface area contributed by atoms with E-state index in [1.165, 1.54) is 0 Å². The number of rotatable bonds is 7. The zero-order valence-electron chi connectivity index (χ0n) is 15.2. The van der Waals surface area contributed by atoms with E-state index < -0.39 is 11.9 Å². The van der Waals surface area contributed by atoms with E-state index in [1.54, 1.807) is 24.3 Å². The number of benzene rings is 2. The summed E-state index contributed by atoms with van der Waals surface area (Å²) in [5.41, 5.74) is 3.02. The largest absolute Gasteiger partial charge is 0.456 e. The normalized spacial score (nSPS) is 10.2. The second-order valence-electron chi connectivity index (χ2n) is 5.99. The van der Waals surface area contributed by atoms with Crippen LogP contribution in [0.25, 0.3) is 0 Å². The average molecular weight is 389 g/mol. The van der Waals surface area contributed by atoms with Crippen molar-refractivity contribution in [2.24, 2.45) is 0 Å². The Bertz CT molecular complexity index is 814. The number of carbonyl (C=O) groups excluding carboxylic acids is 3. The molecule has 0 aromatic heterocycles. The molecule has 2 aromatic carbocycles. The van der Waals surface area contributed by atoms with E-state index in [0.717, 1.165) is 11.1 Å². The number of nitrogens with one attached hydrogen (secondary N) is 2. The molecule has 0 spiro atoms. The fourth-order valence-corrected chi connectivity index (χ4v) is 2.51. The fraction of sp³-hybridized carbons (Fsp3) is 0.250. The van der Waals surface area contributed by atoms with Gasteiger partial charge in [0.2, 0.25) is 0 Å². The Morgan fingerprint density at radius 1 is 1.00 bits per heavy atom. The number of carbonyl (C=O) groups is 3. The van der Waals surface area contributed by atoms with Crippen LogP contribution in [0.4, 0.5) is 5.69 Å². The standard InChI is InChI=1S/C20H21ClN2O4/c1-13-4-3-5-14(2)19(13)23-17(24)12-27-18(25)10-11-22-20(26)15-6-8-16(21)9-7-15/h3-9H,10-12H2,1-2H3,(H,22,26)(H,23,24). The number of para-hydroxylation sites is 1. The first-order chi connectivity index (χ1) is 12.9. The van der Waals surface area contributed by atoms with E-state index in [1.807, 2.05) is 32.0 Å². The van der Waals surface area contributed by atoms with Crippen molar-refractivity contribution in [3.05, 3.63) is 64.2 Å². The molecule has 7 heteroatoms. The Labute approximate surface area is 162 Å². The third-order valence-electron chi connectivity index (χ3n) is 3.83. The Hall–Kier alpha value is -2.86. The molecule has 0 aliphatic carbocycles. The van der Waals surface area contributed by atoms with Gasteiger partial charge in [-0.15, -0.1) is 0 Å². The van der Waals surface area contributed by atoms with Crippen LogP contribution in [0.1, 0.15) is 27.9 Å². The maximum absolute atomic E-state index is 11.9. The Kier molecular flexibility index (Phi) is 7.37. The molecular weight excluding hydrogens is 368 g/mol. The van der Waals surface area contributed by atoms with Crippen molar-refractivity contribution in [2.75, 3.05) is 18.5 Å². The molecule has 0 aliphatic heterocycles. The quantitative estimate of drug-likeness (QED) is 0.713. The molecular formula is C20H21ClN2O4. The maximum atomic E-state index is 11.9. The van der Waals surface area contributed by atoms with Crippen molar-refractivity contribution < 1.29 is 19.1 Å². The fourth-order valence-electron chi connectivity index (χ4n) is 2.39. The summed E-state index contributed by atoms with van der Waals surface area (Å²) >= 11 is 5.77. The number of halogens is 1. The van der Waals surface area contributed by atoms with Crippen LogP contribution in [-0.2, 0) is 14.3 Å². The number of hydrogen-bond donors (Lipinski definition) is 2. The summed E-state index contributed by atoms with van der Waals surface area (Å²) in [7, 11) is 0. The first-order valence-corrected chi connectivity index (χ1v) is 8.80. The number of amides is 2. The third kappa shape index (κ3) is 6.42. The van der Waals surface area contributed by atoms with E-state index in [4.69, 9.17) is 16.3 Å². The molecule has 0 heterocycles. The molecule has 6 nitrogen and oxygen atoms in total. The summed E-state index contributed by atoms with van der Waals surface area (Å²) in [6, 6.07) is 12.1. The summed E-state index contributed by atoms with van der Waals surface area (Å²) in [4.78, 5) is 35.6. The summed E-state index contributed by atoms with van der Waals surface area (Å²) in [6.45, 7) is 3.51. The van der Waals surface area contributed by atoms with Gasteiger partial charge in [0.1, 0.15) is 0 Å². The highest BCUT2D eigenvalue weighted by Crippen LogP contribution is 2.19. The summed E-state index contributed by atoms with van der Waals surface area (Å²) in [5.74, 6) is -1.29.